The first kappa shape index (κ1) is 21.7. The van der Waals surface area contributed by atoms with Gasteiger partial charge in [0.2, 0.25) is 23.6 Å². The summed E-state index contributed by atoms with van der Waals surface area (Å²) in [6, 6.07) is -3.40. The molecule has 0 heterocycles. The minimum atomic E-state index is -1.26. The van der Waals surface area contributed by atoms with E-state index in [4.69, 9.17) is 16.6 Å². The number of amides is 4. The maximum atomic E-state index is 11.7. The van der Waals surface area contributed by atoms with Crippen LogP contribution in [0.25, 0.3) is 0 Å². The summed E-state index contributed by atoms with van der Waals surface area (Å²) >= 11 is 3.79. The Bertz CT molecular complexity index is 514. The number of hydrogen-bond donors (Lipinski definition) is 7. The van der Waals surface area contributed by atoms with Crippen LogP contribution in [0.4, 0.5) is 0 Å². The van der Waals surface area contributed by atoms with Crippen molar-refractivity contribution >= 4 is 42.2 Å². The number of rotatable bonds is 10. The zero-order valence-electron chi connectivity index (χ0n) is 12.9. The van der Waals surface area contributed by atoms with Crippen LogP contribution in [0.5, 0.6) is 0 Å². The number of carbonyl (C=O) groups is 5. The summed E-state index contributed by atoms with van der Waals surface area (Å²) < 4.78 is 0. The average Bonchev–Trinajstić information content (AvgIpc) is 2.48. The summed E-state index contributed by atoms with van der Waals surface area (Å²) in [5, 5.41) is 15.4. The van der Waals surface area contributed by atoms with Crippen LogP contribution >= 0.6 is 12.6 Å². The lowest BCUT2D eigenvalue weighted by Crippen LogP contribution is -2.53. The minimum absolute atomic E-state index is 0.116. The molecule has 0 aliphatic carbocycles. The number of carbonyl (C=O) groups excluding carboxylic acids is 4. The predicted molar refractivity (Wildman–Crippen MR) is 85.8 cm³/mol. The topological polar surface area (TPSA) is 194 Å². The number of nitrogens with two attached hydrogens (primary N) is 2. The van der Waals surface area contributed by atoms with E-state index in [1.54, 1.807) is 0 Å². The van der Waals surface area contributed by atoms with Gasteiger partial charge in [-0.2, -0.15) is 12.6 Å². The van der Waals surface area contributed by atoms with Crippen molar-refractivity contribution in [2.24, 2.45) is 11.5 Å². The molecule has 0 aliphatic rings. The van der Waals surface area contributed by atoms with Gasteiger partial charge in [0, 0.05) is 5.75 Å². The number of carboxylic acids is 1. The molecule has 8 N–H and O–H groups in total. The van der Waals surface area contributed by atoms with Gasteiger partial charge in [-0.15, -0.1) is 0 Å². The smallest absolute Gasteiger partial charge is 0.327 e. The zero-order chi connectivity index (χ0) is 18.9. The van der Waals surface area contributed by atoms with Gasteiger partial charge in [0.15, 0.2) is 0 Å². The lowest BCUT2D eigenvalue weighted by atomic mass is 10.2. The Labute approximate surface area is 143 Å². The monoisotopic (exact) mass is 363 g/mol. The molecular weight excluding hydrogens is 342 g/mol. The van der Waals surface area contributed by atoms with Crippen LogP contribution < -0.4 is 27.4 Å². The molecule has 0 radical (unpaired) electrons. The van der Waals surface area contributed by atoms with Gasteiger partial charge in [0.1, 0.15) is 12.1 Å². The maximum absolute atomic E-state index is 11.7. The third-order valence-electron chi connectivity index (χ3n) is 2.75. The third-order valence-corrected chi connectivity index (χ3v) is 3.11. The van der Waals surface area contributed by atoms with Crippen molar-refractivity contribution in [1.82, 2.24) is 16.0 Å². The fraction of sp³-hybridized carbons (Fsp3) is 0.583. The van der Waals surface area contributed by atoms with E-state index in [2.05, 4.69) is 28.6 Å². The van der Waals surface area contributed by atoms with Gasteiger partial charge in [-0.25, -0.2) is 4.79 Å². The van der Waals surface area contributed by atoms with Crippen LogP contribution in [0, 0.1) is 0 Å². The second-order valence-corrected chi connectivity index (χ2v) is 5.23. The molecule has 0 fully saturated rings. The molecule has 0 bridgehead atoms. The Morgan fingerprint density at radius 2 is 1.71 bits per heavy atom. The molecule has 0 aromatic heterocycles. The molecule has 0 aromatic carbocycles. The number of nitrogens with one attached hydrogen (secondary N) is 3. The largest absolute Gasteiger partial charge is 0.480 e. The molecule has 0 saturated carbocycles. The van der Waals surface area contributed by atoms with Gasteiger partial charge >= 0.3 is 5.97 Å². The minimum Gasteiger partial charge on any atom is -0.480 e. The Kier molecular flexibility index (Phi) is 9.42. The standard InChI is InChI=1S/C12H21N5O6S/c1-5(10(20)17-7(4-24)12(22)23)16-9(19)3-15-11(21)6(13)2-8(14)18/h5-7,24H,2-4,13H2,1H3,(H2,14,18)(H,15,21)(H,16,19)(H,17,20)(H,22,23). The second-order valence-electron chi connectivity index (χ2n) is 4.87. The molecule has 24 heavy (non-hydrogen) atoms. The number of thiol groups is 1. The first-order valence-electron chi connectivity index (χ1n) is 6.83. The van der Waals surface area contributed by atoms with E-state index < -0.39 is 54.3 Å². The van der Waals surface area contributed by atoms with E-state index >= 15 is 0 Å². The van der Waals surface area contributed by atoms with Gasteiger partial charge in [-0.05, 0) is 6.92 Å². The Morgan fingerprint density at radius 1 is 1.12 bits per heavy atom. The number of primary amides is 1. The molecule has 11 nitrogen and oxygen atoms in total. The van der Waals surface area contributed by atoms with E-state index in [0.29, 0.717) is 0 Å². The first-order valence-corrected chi connectivity index (χ1v) is 7.46. The third kappa shape index (κ3) is 8.33. The van der Waals surface area contributed by atoms with Crippen LogP contribution in [-0.2, 0) is 24.0 Å². The average molecular weight is 363 g/mol. The second kappa shape index (κ2) is 10.4. The molecule has 0 saturated heterocycles. The molecule has 0 aliphatic heterocycles. The predicted octanol–water partition coefficient (Wildman–Crippen LogP) is -3.69. The fourth-order valence-electron chi connectivity index (χ4n) is 1.45. The van der Waals surface area contributed by atoms with Gasteiger partial charge in [-0.3, -0.25) is 19.2 Å². The highest BCUT2D eigenvalue weighted by molar-refractivity contribution is 7.80. The summed E-state index contributed by atoms with van der Waals surface area (Å²) in [5.41, 5.74) is 10.3. The summed E-state index contributed by atoms with van der Waals surface area (Å²) in [6.07, 6.45) is -0.368. The molecule has 4 amide bonds. The normalized spacial score (nSPS) is 14.0. The first-order chi connectivity index (χ1) is 11.1. The summed E-state index contributed by atoms with van der Waals surface area (Å²) in [7, 11) is 0. The van der Waals surface area contributed by atoms with Crippen molar-refractivity contribution in [1.29, 1.82) is 0 Å². The molecule has 136 valence electrons. The highest BCUT2D eigenvalue weighted by atomic mass is 32.1. The number of carboxylic acid groups (broad SMARTS) is 1. The van der Waals surface area contributed by atoms with Crippen molar-refractivity contribution in [2.75, 3.05) is 12.3 Å². The molecule has 0 aromatic rings. The van der Waals surface area contributed by atoms with Crippen molar-refractivity contribution in [2.45, 2.75) is 31.5 Å². The SMILES string of the molecule is CC(NC(=O)CNC(=O)C(N)CC(N)=O)C(=O)NC(CS)C(=O)O. The highest BCUT2D eigenvalue weighted by Gasteiger charge is 2.23. The molecular formula is C12H21N5O6S. The molecule has 0 rings (SSSR count). The van der Waals surface area contributed by atoms with Crippen LogP contribution in [0.3, 0.4) is 0 Å². The fourth-order valence-corrected chi connectivity index (χ4v) is 1.70. The van der Waals surface area contributed by atoms with E-state index in [1.807, 2.05) is 0 Å². The Hall–Kier alpha value is -2.34. The number of aliphatic carboxylic acids is 1. The van der Waals surface area contributed by atoms with Gasteiger partial charge < -0.3 is 32.5 Å². The number of hydrogen-bond acceptors (Lipinski definition) is 7. The van der Waals surface area contributed by atoms with E-state index in [9.17, 15) is 24.0 Å². The van der Waals surface area contributed by atoms with Gasteiger partial charge in [-0.1, -0.05) is 0 Å². The van der Waals surface area contributed by atoms with Crippen molar-refractivity contribution in [3.05, 3.63) is 0 Å². The molecule has 12 heteroatoms. The van der Waals surface area contributed by atoms with E-state index in [1.165, 1.54) is 6.92 Å². The highest BCUT2D eigenvalue weighted by Crippen LogP contribution is 1.91. The van der Waals surface area contributed by atoms with Crippen molar-refractivity contribution in [3.63, 3.8) is 0 Å². The zero-order valence-corrected chi connectivity index (χ0v) is 13.8. The van der Waals surface area contributed by atoms with Crippen LogP contribution in [0.1, 0.15) is 13.3 Å². The van der Waals surface area contributed by atoms with Crippen LogP contribution in [0.2, 0.25) is 0 Å². The molecule has 3 unspecified atom stereocenters. The van der Waals surface area contributed by atoms with Crippen molar-refractivity contribution < 1.29 is 29.1 Å². The van der Waals surface area contributed by atoms with Gasteiger partial charge in [0.25, 0.3) is 0 Å². The van der Waals surface area contributed by atoms with Crippen LogP contribution in [-0.4, -0.2) is 65.1 Å². The lowest BCUT2D eigenvalue weighted by molar-refractivity contribution is -0.141. The Morgan fingerprint density at radius 3 is 2.17 bits per heavy atom. The summed E-state index contributed by atoms with van der Waals surface area (Å²) in [4.78, 5) is 56.3. The van der Waals surface area contributed by atoms with Crippen LogP contribution in [0.15, 0.2) is 0 Å². The van der Waals surface area contributed by atoms with Crippen molar-refractivity contribution in [3.8, 4) is 0 Å². The molecule has 0 spiro atoms. The maximum Gasteiger partial charge on any atom is 0.327 e. The van der Waals surface area contributed by atoms with Gasteiger partial charge in [0.05, 0.1) is 19.0 Å². The molecule has 3 atom stereocenters. The summed E-state index contributed by atoms with van der Waals surface area (Å²) in [5.74, 6) is -4.30. The lowest BCUT2D eigenvalue weighted by Gasteiger charge is -2.18. The van der Waals surface area contributed by atoms with E-state index in [-0.39, 0.29) is 12.2 Å². The quantitative estimate of drug-likeness (QED) is 0.194. The Balaban J connectivity index is 4.31. The summed E-state index contributed by atoms with van der Waals surface area (Å²) in [6.45, 7) is 0.864. The van der Waals surface area contributed by atoms with E-state index in [0.717, 1.165) is 0 Å².